The lowest BCUT2D eigenvalue weighted by atomic mass is 10.1. The van der Waals surface area contributed by atoms with Gasteiger partial charge < -0.3 is 10.2 Å². The number of carbonyl (C=O) groups excluding carboxylic acids is 1. The first-order valence-electron chi connectivity index (χ1n) is 10.1. The summed E-state index contributed by atoms with van der Waals surface area (Å²) in [5.41, 5.74) is 3.15. The Morgan fingerprint density at radius 3 is 2.25 bits per heavy atom. The number of benzene rings is 3. The van der Waals surface area contributed by atoms with Crippen molar-refractivity contribution in [1.29, 1.82) is 0 Å². The molecule has 3 aromatic carbocycles. The molecule has 32 heavy (non-hydrogen) atoms. The predicted octanol–water partition coefficient (Wildman–Crippen LogP) is 3.81. The van der Waals surface area contributed by atoms with Crippen molar-refractivity contribution in [2.75, 3.05) is 14.1 Å². The van der Waals surface area contributed by atoms with Crippen LogP contribution >= 0.6 is 11.6 Å². The molecule has 6 nitrogen and oxygen atoms in total. The van der Waals surface area contributed by atoms with Gasteiger partial charge in [0.15, 0.2) is 0 Å². The van der Waals surface area contributed by atoms with Crippen LogP contribution in [0.15, 0.2) is 77.7 Å². The van der Waals surface area contributed by atoms with E-state index in [-0.39, 0.29) is 27.9 Å². The van der Waals surface area contributed by atoms with Gasteiger partial charge in [-0.05, 0) is 49.0 Å². The number of hydrogen-bond donors (Lipinski definition) is 2. The molecule has 168 valence electrons. The maximum Gasteiger partial charge on any atom is 0.251 e. The zero-order chi connectivity index (χ0) is 23.1. The minimum Gasteiger partial charge on any atom is -0.348 e. The Hall–Kier alpha value is -2.71. The van der Waals surface area contributed by atoms with Crippen LogP contribution < -0.4 is 10.0 Å². The van der Waals surface area contributed by atoms with Crippen LogP contribution in [0.3, 0.4) is 0 Å². The number of nitrogens with zero attached hydrogens (tertiary/aromatic N) is 1. The van der Waals surface area contributed by atoms with Crippen molar-refractivity contribution >= 4 is 27.5 Å². The van der Waals surface area contributed by atoms with E-state index in [1.807, 2.05) is 68.7 Å². The van der Waals surface area contributed by atoms with Crippen LogP contribution in [-0.2, 0) is 29.7 Å². The molecule has 0 aliphatic rings. The molecule has 0 fully saturated rings. The summed E-state index contributed by atoms with van der Waals surface area (Å²) in [6.45, 7) is 1.21. The molecule has 2 N–H and O–H groups in total. The molecular formula is C24H26ClN3O3S. The summed E-state index contributed by atoms with van der Waals surface area (Å²) >= 11 is 6.15. The minimum atomic E-state index is -3.90. The Morgan fingerprint density at radius 1 is 0.906 bits per heavy atom. The fourth-order valence-corrected chi connectivity index (χ4v) is 4.75. The van der Waals surface area contributed by atoms with Gasteiger partial charge in [-0.2, -0.15) is 0 Å². The Morgan fingerprint density at radius 2 is 1.56 bits per heavy atom. The number of sulfonamides is 1. The van der Waals surface area contributed by atoms with Gasteiger partial charge in [-0.3, -0.25) is 4.79 Å². The molecule has 0 saturated heterocycles. The first-order valence-corrected chi connectivity index (χ1v) is 12.0. The van der Waals surface area contributed by atoms with Crippen molar-refractivity contribution in [2.24, 2.45) is 0 Å². The quantitative estimate of drug-likeness (QED) is 0.497. The minimum absolute atomic E-state index is 0.0541. The van der Waals surface area contributed by atoms with Crippen LogP contribution in [0.5, 0.6) is 0 Å². The molecule has 0 aromatic heterocycles. The van der Waals surface area contributed by atoms with Gasteiger partial charge in [-0.1, -0.05) is 66.2 Å². The van der Waals surface area contributed by atoms with Gasteiger partial charge in [0.2, 0.25) is 10.0 Å². The van der Waals surface area contributed by atoms with Crippen LogP contribution in [0, 0.1) is 0 Å². The average molecular weight is 472 g/mol. The van der Waals surface area contributed by atoms with Gasteiger partial charge in [-0.15, -0.1) is 0 Å². The van der Waals surface area contributed by atoms with E-state index in [2.05, 4.69) is 14.9 Å². The number of amides is 1. The maximum absolute atomic E-state index is 12.8. The van der Waals surface area contributed by atoms with Crippen molar-refractivity contribution in [2.45, 2.75) is 24.5 Å². The Balaban J connectivity index is 1.73. The van der Waals surface area contributed by atoms with E-state index >= 15 is 0 Å². The van der Waals surface area contributed by atoms with Crippen LogP contribution in [0.25, 0.3) is 0 Å². The Kier molecular flexibility index (Phi) is 8.04. The Labute approximate surface area is 194 Å². The van der Waals surface area contributed by atoms with Crippen molar-refractivity contribution in [3.8, 4) is 0 Å². The summed E-state index contributed by atoms with van der Waals surface area (Å²) in [6, 6.07) is 21.3. The molecule has 0 spiro atoms. The molecule has 1 amide bonds. The van der Waals surface area contributed by atoms with Gasteiger partial charge in [-0.25, -0.2) is 13.1 Å². The molecule has 0 atom stereocenters. The molecule has 3 aromatic rings. The number of rotatable bonds is 9. The van der Waals surface area contributed by atoms with Crippen molar-refractivity contribution in [3.63, 3.8) is 0 Å². The maximum atomic E-state index is 12.8. The molecule has 0 radical (unpaired) electrons. The highest BCUT2D eigenvalue weighted by Crippen LogP contribution is 2.23. The van der Waals surface area contributed by atoms with Crippen LogP contribution in [0.2, 0.25) is 5.02 Å². The second kappa shape index (κ2) is 10.7. The number of nitrogens with one attached hydrogen (secondary N) is 2. The van der Waals surface area contributed by atoms with Crippen LogP contribution in [0.1, 0.15) is 27.0 Å². The molecular weight excluding hydrogens is 446 g/mol. The number of halogens is 1. The van der Waals surface area contributed by atoms with Gasteiger partial charge in [0.1, 0.15) is 4.90 Å². The smallest absolute Gasteiger partial charge is 0.251 e. The second-order valence-electron chi connectivity index (χ2n) is 7.64. The molecule has 0 aliphatic heterocycles. The van der Waals surface area contributed by atoms with E-state index in [9.17, 15) is 13.2 Å². The molecule has 0 heterocycles. The summed E-state index contributed by atoms with van der Waals surface area (Å²) < 4.78 is 28.1. The summed E-state index contributed by atoms with van der Waals surface area (Å²) in [6.07, 6.45) is 0. The predicted molar refractivity (Wildman–Crippen MR) is 127 cm³/mol. The average Bonchev–Trinajstić information content (AvgIpc) is 2.77. The molecule has 0 bridgehead atoms. The summed E-state index contributed by atoms with van der Waals surface area (Å²) in [4.78, 5) is 14.7. The van der Waals surface area contributed by atoms with Gasteiger partial charge >= 0.3 is 0 Å². The zero-order valence-electron chi connectivity index (χ0n) is 18.0. The number of hydrogen-bond acceptors (Lipinski definition) is 4. The lowest BCUT2D eigenvalue weighted by Gasteiger charge is -2.15. The third-order valence-electron chi connectivity index (χ3n) is 4.84. The summed E-state index contributed by atoms with van der Waals surface area (Å²) in [7, 11) is 0.0661. The van der Waals surface area contributed by atoms with Crippen molar-refractivity contribution in [1.82, 2.24) is 14.9 Å². The van der Waals surface area contributed by atoms with E-state index < -0.39 is 10.0 Å². The largest absolute Gasteiger partial charge is 0.348 e. The monoisotopic (exact) mass is 471 g/mol. The highest BCUT2D eigenvalue weighted by Gasteiger charge is 2.20. The molecule has 8 heteroatoms. The summed E-state index contributed by atoms with van der Waals surface area (Å²) in [5.74, 6) is -0.374. The topological polar surface area (TPSA) is 78.5 Å². The first-order chi connectivity index (χ1) is 15.3. The first kappa shape index (κ1) is 23.9. The lowest BCUT2D eigenvalue weighted by molar-refractivity contribution is 0.0950. The molecule has 0 saturated carbocycles. The van der Waals surface area contributed by atoms with Gasteiger partial charge in [0.05, 0.1) is 5.02 Å². The zero-order valence-corrected chi connectivity index (χ0v) is 19.6. The van der Waals surface area contributed by atoms with Crippen molar-refractivity contribution in [3.05, 3.63) is 100 Å². The van der Waals surface area contributed by atoms with E-state index in [1.54, 1.807) is 0 Å². The van der Waals surface area contributed by atoms with E-state index in [4.69, 9.17) is 11.6 Å². The van der Waals surface area contributed by atoms with E-state index in [0.717, 1.165) is 23.2 Å². The molecule has 0 aliphatic carbocycles. The van der Waals surface area contributed by atoms with Gasteiger partial charge in [0.25, 0.3) is 5.91 Å². The normalized spacial score (nSPS) is 11.5. The van der Waals surface area contributed by atoms with Crippen LogP contribution in [-0.4, -0.2) is 33.3 Å². The third-order valence-corrected chi connectivity index (χ3v) is 6.72. The fourth-order valence-electron chi connectivity index (χ4n) is 3.20. The SMILES string of the molecule is CN(C)Cc1ccccc1CNC(=O)c1ccc(Cl)c(S(=O)(=O)NCc2ccccc2)c1. The van der Waals surface area contributed by atoms with Crippen molar-refractivity contribution < 1.29 is 13.2 Å². The second-order valence-corrected chi connectivity index (χ2v) is 9.79. The standard InChI is InChI=1S/C24H26ClN3O3S/c1-28(2)17-21-11-7-6-10-20(21)16-26-24(29)19-12-13-22(25)23(14-19)32(30,31)27-15-18-8-4-3-5-9-18/h3-14,27H,15-17H2,1-2H3,(H,26,29). The Bertz CT molecular complexity index is 1180. The number of carbonyl (C=O) groups is 1. The summed E-state index contributed by atoms with van der Waals surface area (Å²) in [5, 5.41) is 2.92. The van der Waals surface area contributed by atoms with Crippen LogP contribution in [0.4, 0.5) is 0 Å². The van der Waals surface area contributed by atoms with E-state index in [0.29, 0.717) is 6.54 Å². The van der Waals surface area contributed by atoms with E-state index in [1.165, 1.54) is 18.2 Å². The molecule has 0 unspecified atom stereocenters. The third kappa shape index (κ3) is 6.40. The highest BCUT2D eigenvalue weighted by atomic mass is 35.5. The highest BCUT2D eigenvalue weighted by molar-refractivity contribution is 7.89. The lowest BCUT2D eigenvalue weighted by Crippen LogP contribution is -2.26. The van der Waals surface area contributed by atoms with Gasteiger partial charge in [0, 0.05) is 25.2 Å². The fraction of sp³-hybridized carbons (Fsp3) is 0.208. The molecule has 3 rings (SSSR count).